The van der Waals surface area contributed by atoms with Crippen molar-refractivity contribution in [3.63, 3.8) is 0 Å². The predicted octanol–water partition coefficient (Wildman–Crippen LogP) is 6.14. The van der Waals surface area contributed by atoms with Gasteiger partial charge in [0.2, 0.25) is 0 Å². The van der Waals surface area contributed by atoms with Crippen LogP contribution in [0.2, 0.25) is 0 Å². The van der Waals surface area contributed by atoms with Gasteiger partial charge in [0.1, 0.15) is 23.3 Å². The molecular weight excluding hydrogens is 488 g/mol. The Labute approximate surface area is 230 Å². The van der Waals surface area contributed by atoms with Gasteiger partial charge in [-0.2, -0.15) is 0 Å². The van der Waals surface area contributed by atoms with Crippen molar-refractivity contribution in [2.75, 3.05) is 40.4 Å². The van der Waals surface area contributed by atoms with E-state index in [9.17, 15) is 4.79 Å². The molecule has 0 radical (unpaired) electrons. The first-order valence-electron chi connectivity index (χ1n) is 13.8. The fraction of sp³-hybridized carbons (Fsp3) is 0.364. The quantitative estimate of drug-likeness (QED) is 0.231. The molecule has 204 valence electrons. The summed E-state index contributed by atoms with van der Waals surface area (Å²) in [4.78, 5) is 18.1. The molecule has 1 aliphatic rings. The summed E-state index contributed by atoms with van der Waals surface area (Å²) in [6.07, 6.45) is 4.87. The Hall–Kier alpha value is -3.61. The molecule has 39 heavy (non-hydrogen) atoms. The summed E-state index contributed by atoms with van der Waals surface area (Å²) in [6, 6.07) is 22.4. The van der Waals surface area contributed by atoms with Gasteiger partial charge in [-0.3, -0.25) is 9.69 Å². The molecule has 6 nitrogen and oxygen atoms in total. The Morgan fingerprint density at radius 2 is 1.69 bits per heavy atom. The molecule has 0 spiro atoms. The van der Waals surface area contributed by atoms with Crippen LogP contribution in [0.1, 0.15) is 30.4 Å². The van der Waals surface area contributed by atoms with Crippen LogP contribution < -0.4 is 14.9 Å². The van der Waals surface area contributed by atoms with Crippen LogP contribution in [0.5, 0.6) is 11.5 Å². The van der Waals surface area contributed by atoms with Gasteiger partial charge in [-0.1, -0.05) is 42.0 Å². The number of hydrogen-bond donors (Lipinski definition) is 0. The Bertz CT molecular complexity index is 1420. The zero-order valence-corrected chi connectivity index (χ0v) is 23.2. The lowest BCUT2D eigenvalue weighted by atomic mass is 10.0. The molecule has 1 saturated heterocycles. The summed E-state index contributed by atoms with van der Waals surface area (Å²) in [6.45, 7) is 7.08. The first-order valence-corrected chi connectivity index (χ1v) is 13.8. The van der Waals surface area contributed by atoms with Crippen LogP contribution in [0.25, 0.3) is 22.1 Å². The Kier molecular flexibility index (Phi) is 8.64. The van der Waals surface area contributed by atoms with Crippen LogP contribution in [-0.4, -0.2) is 56.2 Å². The van der Waals surface area contributed by atoms with Crippen LogP contribution in [0, 0.1) is 6.92 Å². The smallest absolute Gasteiger partial charge is 0.200 e. The van der Waals surface area contributed by atoms with E-state index >= 15 is 0 Å². The molecule has 6 heteroatoms. The number of rotatable bonds is 10. The number of fused-ring (bicyclic) bond motifs is 1. The minimum Gasteiger partial charge on any atom is -0.497 e. The van der Waals surface area contributed by atoms with Crippen molar-refractivity contribution < 1.29 is 13.9 Å². The van der Waals surface area contributed by atoms with Gasteiger partial charge in [-0.15, -0.1) is 0 Å². The van der Waals surface area contributed by atoms with E-state index in [-0.39, 0.29) is 5.43 Å². The van der Waals surface area contributed by atoms with Gasteiger partial charge in [-0.05, 0) is 81.7 Å². The fourth-order valence-electron chi connectivity index (χ4n) is 5.32. The maximum atomic E-state index is 13.1. The van der Waals surface area contributed by atoms with Crippen molar-refractivity contribution in [2.45, 2.75) is 38.8 Å². The molecule has 0 unspecified atom stereocenters. The topological polar surface area (TPSA) is 55.2 Å². The maximum absolute atomic E-state index is 13.1. The highest BCUT2D eigenvalue weighted by Gasteiger charge is 2.22. The first kappa shape index (κ1) is 27.0. The molecule has 3 aromatic carbocycles. The fourth-order valence-corrected chi connectivity index (χ4v) is 5.32. The number of methoxy groups -OCH3 is 1. The lowest BCUT2D eigenvalue weighted by Crippen LogP contribution is -2.43. The van der Waals surface area contributed by atoms with E-state index in [1.54, 1.807) is 13.2 Å². The molecule has 0 aliphatic carbocycles. The third-order valence-corrected chi connectivity index (χ3v) is 7.78. The number of piperidine rings is 1. The van der Waals surface area contributed by atoms with Gasteiger partial charge in [0.25, 0.3) is 0 Å². The summed E-state index contributed by atoms with van der Waals surface area (Å²) >= 11 is 0. The lowest BCUT2D eigenvalue weighted by Gasteiger charge is -2.36. The average Bonchev–Trinajstić information content (AvgIpc) is 2.97. The van der Waals surface area contributed by atoms with Crippen LogP contribution in [-0.2, 0) is 6.54 Å². The van der Waals surface area contributed by atoms with Crippen LogP contribution in [0.4, 0.5) is 0 Å². The Morgan fingerprint density at radius 1 is 0.974 bits per heavy atom. The highest BCUT2D eigenvalue weighted by Crippen LogP contribution is 2.25. The monoisotopic (exact) mass is 526 g/mol. The molecule has 0 saturated carbocycles. The van der Waals surface area contributed by atoms with E-state index in [1.165, 1.54) is 30.2 Å². The number of hydrogen-bond acceptors (Lipinski definition) is 6. The number of nitrogens with zero attached hydrogens (tertiary/aromatic N) is 2. The first-order chi connectivity index (χ1) is 19.0. The molecule has 0 bridgehead atoms. The summed E-state index contributed by atoms with van der Waals surface area (Å²) in [7, 11) is 3.85. The predicted molar refractivity (Wildman–Crippen MR) is 157 cm³/mol. The van der Waals surface area contributed by atoms with E-state index in [1.807, 2.05) is 36.4 Å². The number of ether oxygens (including phenoxy) is 2. The molecule has 0 N–H and O–H groups in total. The van der Waals surface area contributed by atoms with Crippen molar-refractivity contribution in [1.82, 2.24) is 9.80 Å². The van der Waals surface area contributed by atoms with E-state index in [4.69, 9.17) is 13.9 Å². The zero-order chi connectivity index (χ0) is 27.2. The van der Waals surface area contributed by atoms with Crippen LogP contribution in [0.15, 0.2) is 82.2 Å². The second-order valence-electron chi connectivity index (χ2n) is 10.5. The zero-order valence-electron chi connectivity index (χ0n) is 23.2. The van der Waals surface area contributed by atoms with Gasteiger partial charge in [0.05, 0.1) is 24.7 Å². The van der Waals surface area contributed by atoms with Gasteiger partial charge >= 0.3 is 0 Å². The van der Waals surface area contributed by atoms with Crippen molar-refractivity contribution >= 4 is 11.0 Å². The minimum atomic E-state index is -0.0560. The number of aryl methyl sites for hydroxylation is 1. The minimum absolute atomic E-state index is 0.0560. The molecular formula is C33H38N2O4. The molecule has 0 atom stereocenters. The summed E-state index contributed by atoms with van der Waals surface area (Å²) in [5, 5.41) is 0.545. The van der Waals surface area contributed by atoms with Crippen LogP contribution in [0.3, 0.4) is 0 Å². The maximum Gasteiger partial charge on any atom is 0.200 e. The van der Waals surface area contributed by atoms with E-state index in [0.29, 0.717) is 29.2 Å². The normalized spacial score (nSPS) is 14.7. The molecule has 1 fully saturated rings. The molecule has 4 aromatic rings. The third kappa shape index (κ3) is 6.70. The molecule has 1 aliphatic heterocycles. The largest absolute Gasteiger partial charge is 0.497 e. The van der Waals surface area contributed by atoms with E-state index in [0.717, 1.165) is 49.7 Å². The standard InChI is InChI=1S/C33H38N2O4/c1-24-5-7-25(8-6-24)22-35-18-15-27(16-19-35)34(2)17-4-20-38-29-13-14-30-32(21-29)39-23-31(33(30)36)26-9-11-28(37-3)12-10-26/h5-14,21,23,27H,4,15-20,22H2,1-3H3. The Balaban J connectivity index is 1.08. The second kappa shape index (κ2) is 12.5. The lowest BCUT2D eigenvalue weighted by molar-refractivity contribution is 0.118. The van der Waals surface area contributed by atoms with Gasteiger partial charge < -0.3 is 18.8 Å². The number of likely N-dealkylation sites (tertiary alicyclic amines) is 1. The van der Waals surface area contributed by atoms with E-state index in [2.05, 4.69) is 48.0 Å². The van der Waals surface area contributed by atoms with Crippen molar-refractivity contribution in [1.29, 1.82) is 0 Å². The van der Waals surface area contributed by atoms with Gasteiger partial charge in [0.15, 0.2) is 5.43 Å². The van der Waals surface area contributed by atoms with Gasteiger partial charge in [-0.25, -0.2) is 0 Å². The van der Waals surface area contributed by atoms with Crippen LogP contribution >= 0.6 is 0 Å². The highest BCUT2D eigenvalue weighted by atomic mass is 16.5. The molecule has 0 amide bonds. The summed E-state index contributed by atoms with van der Waals surface area (Å²) < 4.78 is 17.0. The van der Waals surface area contributed by atoms with E-state index < -0.39 is 0 Å². The molecule has 2 heterocycles. The SMILES string of the molecule is COc1ccc(-c2coc3cc(OCCCN(C)C4CCN(Cc5ccc(C)cc5)CC4)ccc3c2=O)cc1. The third-order valence-electron chi connectivity index (χ3n) is 7.78. The Morgan fingerprint density at radius 3 is 2.41 bits per heavy atom. The summed E-state index contributed by atoms with van der Waals surface area (Å²) in [5.74, 6) is 1.46. The van der Waals surface area contributed by atoms with Gasteiger partial charge in [0, 0.05) is 25.2 Å². The van der Waals surface area contributed by atoms with Crippen molar-refractivity contribution in [3.05, 3.63) is 94.3 Å². The highest BCUT2D eigenvalue weighted by molar-refractivity contribution is 5.82. The number of benzene rings is 3. The summed E-state index contributed by atoms with van der Waals surface area (Å²) in [5.41, 5.74) is 4.52. The average molecular weight is 527 g/mol. The van der Waals surface area contributed by atoms with Crippen molar-refractivity contribution in [2.24, 2.45) is 0 Å². The second-order valence-corrected chi connectivity index (χ2v) is 10.5. The van der Waals surface area contributed by atoms with Crippen molar-refractivity contribution in [3.8, 4) is 22.6 Å². The molecule has 5 rings (SSSR count). The molecule has 1 aromatic heterocycles.